The zero-order chi connectivity index (χ0) is 23.5. The van der Waals surface area contributed by atoms with Crippen molar-refractivity contribution in [1.82, 2.24) is 19.6 Å². The predicted octanol–water partition coefficient (Wildman–Crippen LogP) is 2.99. The van der Waals surface area contributed by atoms with Gasteiger partial charge in [0.15, 0.2) is 5.76 Å². The molecule has 0 saturated carbocycles. The monoisotopic (exact) mass is 440 g/mol. The second-order valence-corrected chi connectivity index (χ2v) is 8.69. The topological polar surface area (TPSA) is 108 Å². The van der Waals surface area contributed by atoms with Crippen LogP contribution in [0.4, 0.5) is 4.79 Å². The van der Waals surface area contributed by atoms with Gasteiger partial charge in [0, 0.05) is 17.8 Å². The Labute approximate surface area is 185 Å². The molecular weight excluding hydrogens is 412 g/mol. The first-order valence-electron chi connectivity index (χ1n) is 10.3. The van der Waals surface area contributed by atoms with Gasteiger partial charge >= 0.3 is 11.8 Å². The minimum absolute atomic E-state index is 0.0981. The van der Waals surface area contributed by atoms with Gasteiger partial charge in [-0.15, -0.1) is 0 Å². The van der Waals surface area contributed by atoms with E-state index in [4.69, 9.17) is 9.26 Å². The van der Waals surface area contributed by atoms with Crippen LogP contribution >= 0.6 is 0 Å². The first-order chi connectivity index (χ1) is 15.0. The summed E-state index contributed by atoms with van der Waals surface area (Å²) < 4.78 is 13.2. The lowest BCUT2D eigenvalue weighted by Crippen LogP contribution is -2.41. The number of nitrogens with one attached hydrogen (secondary N) is 1. The van der Waals surface area contributed by atoms with Gasteiger partial charge in [-0.2, -0.15) is 0 Å². The number of amides is 1. The number of carbonyl (C=O) groups excluding carboxylic acids is 1. The van der Waals surface area contributed by atoms with Crippen LogP contribution in [0, 0.1) is 6.92 Å². The Kier molecular flexibility index (Phi) is 6.67. The van der Waals surface area contributed by atoms with Crippen LogP contribution in [0.1, 0.15) is 56.3 Å². The summed E-state index contributed by atoms with van der Waals surface area (Å²) in [6, 6.07) is 10.5. The second kappa shape index (κ2) is 9.25. The lowest BCUT2D eigenvalue weighted by Gasteiger charge is -2.21. The van der Waals surface area contributed by atoms with Crippen molar-refractivity contribution in [3.8, 4) is 0 Å². The Hall–Kier alpha value is -3.62. The lowest BCUT2D eigenvalue weighted by molar-refractivity contribution is 0.0506. The summed E-state index contributed by atoms with van der Waals surface area (Å²) in [5, 5.41) is 6.69. The highest BCUT2D eigenvalue weighted by atomic mass is 16.6. The molecule has 0 radical (unpaired) electrons. The number of aryl methyl sites for hydroxylation is 1. The molecule has 32 heavy (non-hydrogen) atoms. The lowest BCUT2D eigenvalue weighted by atomic mass is 10.2. The molecule has 1 amide bonds. The molecule has 1 N–H and O–H groups in total. The maximum Gasteiger partial charge on any atom is 0.408 e. The molecule has 0 unspecified atom stereocenters. The zero-order valence-electron chi connectivity index (χ0n) is 18.9. The summed E-state index contributed by atoms with van der Waals surface area (Å²) in [6.45, 7) is 9.03. The van der Waals surface area contributed by atoms with Crippen molar-refractivity contribution < 1.29 is 14.1 Å². The van der Waals surface area contributed by atoms with E-state index in [-0.39, 0.29) is 18.6 Å². The van der Waals surface area contributed by atoms with Crippen molar-refractivity contribution in [2.24, 2.45) is 0 Å². The van der Waals surface area contributed by atoms with E-state index in [1.54, 1.807) is 40.7 Å². The minimum Gasteiger partial charge on any atom is -0.444 e. The number of ether oxygens (including phenoxy) is 1. The smallest absolute Gasteiger partial charge is 0.408 e. The van der Waals surface area contributed by atoms with Crippen LogP contribution in [-0.4, -0.2) is 26.0 Å². The molecule has 0 saturated heterocycles. The molecule has 3 rings (SSSR count). The number of alkyl carbamates (subject to hydrolysis) is 1. The SMILES string of the molecule is Cc1cn(Cc2cc([C@H](C)NC(=O)OC(C)(C)C)no2)c(=O)n(Cc2ccccc2)c1=O. The van der Waals surface area contributed by atoms with Crippen molar-refractivity contribution in [1.29, 1.82) is 0 Å². The van der Waals surface area contributed by atoms with Crippen LogP contribution in [0.2, 0.25) is 0 Å². The van der Waals surface area contributed by atoms with Gasteiger partial charge in [-0.1, -0.05) is 35.5 Å². The van der Waals surface area contributed by atoms with Crippen molar-refractivity contribution in [3.63, 3.8) is 0 Å². The standard InChI is InChI=1S/C23H28N4O5/c1-15-12-26(22(30)27(20(15)28)13-17-9-7-6-8-10-17)14-18-11-19(25-32-18)16(2)24-21(29)31-23(3,4)5/h6-12,16H,13-14H2,1-5H3,(H,24,29)/t16-/m0/s1. The molecule has 9 heteroatoms. The van der Waals surface area contributed by atoms with Crippen molar-refractivity contribution >= 4 is 6.09 Å². The van der Waals surface area contributed by atoms with E-state index in [1.165, 1.54) is 15.3 Å². The largest absolute Gasteiger partial charge is 0.444 e. The highest BCUT2D eigenvalue weighted by molar-refractivity contribution is 5.68. The molecule has 0 aliphatic carbocycles. The molecule has 0 fully saturated rings. The van der Waals surface area contributed by atoms with Gasteiger partial charge in [0.05, 0.1) is 19.1 Å². The summed E-state index contributed by atoms with van der Waals surface area (Å²) in [5.74, 6) is 0.421. The van der Waals surface area contributed by atoms with Gasteiger partial charge in [0.1, 0.15) is 11.3 Å². The zero-order valence-corrected chi connectivity index (χ0v) is 18.9. The fraction of sp³-hybridized carbons (Fsp3) is 0.391. The van der Waals surface area contributed by atoms with Crippen LogP contribution in [0.3, 0.4) is 0 Å². The Morgan fingerprint density at radius 1 is 1.19 bits per heavy atom. The molecule has 3 aromatic rings. The molecule has 0 aliphatic rings. The van der Waals surface area contributed by atoms with E-state index in [0.29, 0.717) is 17.0 Å². The number of hydrogen-bond donors (Lipinski definition) is 1. The molecule has 0 spiro atoms. The molecule has 1 aromatic carbocycles. The molecule has 170 valence electrons. The third-order valence-electron chi connectivity index (χ3n) is 4.67. The van der Waals surface area contributed by atoms with E-state index >= 15 is 0 Å². The number of aromatic nitrogens is 3. The van der Waals surface area contributed by atoms with Crippen LogP contribution in [0.25, 0.3) is 0 Å². The highest BCUT2D eigenvalue weighted by Gasteiger charge is 2.20. The Morgan fingerprint density at radius 2 is 1.88 bits per heavy atom. The third-order valence-corrected chi connectivity index (χ3v) is 4.67. The van der Waals surface area contributed by atoms with Crippen LogP contribution < -0.4 is 16.6 Å². The van der Waals surface area contributed by atoms with Crippen molar-refractivity contribution in [2.45, 2.75) is 59.4 Å². The van der Waals surface area contributed by atoms with Gasteiger partial charge in [0.2, 0.25) is 0 Å². The summed E-state index contributed by atoms with van der Waals surface area (Å²) in [7, 11) is 0. The molecule has 2 aromatic heterocycles. The summed E-state index contributed by atoms with van der Waals surface area (Å²) in [5.41, 5.74) is 0.410. The predicted molar refractivity (Wildman–Crippen MR) is 119 cm³/mol. The number of hydrogen-bond acceptors (Lipinski definition) is 6. The van der Waals surface area contributed by atoms with E-state index in [9.17, 15) is 14.4 Å². The molecule has 0 bridgehead atoms. The molecule has 0 aliphatic heterocycles. The van der Waals surface area contributed by atoms with Crippen molar-refractivity contribution in [2.75, 3.05) is 0 Å². The van der Waals surface area contributed by atoms with Crippen LogP contribution in [-0.2, 0) is 17.8 Å². The average Bonchev–Trinajstić information content (AvgIpc) is 3.17. The van der Waals surface area contributed by atoms with Gasteiger partial charge in [-0.05, 0) is 40.2 Å². The highest BCUT2D eigenvalue weighted by Crippen LogP contribution is 2.15. The molecule has 9 nitrogen and oxygen atoms in total. The molecule has 2 heterocycles. The van der Waals surface area contributed by atoms with Crippen LogP contribution in [0.5, 0.6) is 0 Å². The normalized spacial score (nSPS) is 12.4. The molecule has 1 atom stereocenters. The Balaban J connectivity index is 1.78. The summed E-state index contributed by atoms with van der Waals surface area (Å²) in [4.78, 5) is 37.5. The number of carbonyl (C=O) groups is 1. The van der Waals surface area contributed by atoms with Gasteiger partial charge in [-0.25, -0.2) is 9.59 Å². The number of benzene rings is 1. The average molecular weight is 441 g/mol. The quantitative estimate of drug-likeness (QED) is 0.631. The van der Waals surface area contributed by atoms with Gasteiger partial charge < -0.3 is 14.6 Å². The maximum absolute atomic E-state index is 13.0. The van der Waals surface area contributed by atoms with E-state index in [0.717, 1.165) is 5.56 Å². The Morgan fingerprint density at radius 3 is 2.53 bits per heavy atom. The third kappa shape index (κ3) is 5.75. The first-order valence-corrected chi connectivity index (χ1v) is 10.3. The fourth-order valence-electron chi connectivity index (χ4n) is 3.15. The van der Waals surface area contributed by atoms with E-state index in [2.05, 4.69) is 10.5 Å². The second-order valence-electron chi connectivity index (χ2n) is 8.69. The number of rotatable bonds is 6. The van der Waals surface area contributed by atoms with Gasteiger partial charge in [-0.3, -0.25) is 13.9 Å². The van der Waals surface area contributed by atoms with Gasteiger partial charge in [0.25, 0.3) is 5.56 Å². The van der Waals surface area contributed by atoms with Crippen LogP contribution in [0.15, 0.2) is 56.7 Å². The molecular formula is C23H28N4O5. The van der Waals surface area contributed by atoms with E-state index in [1.807, 2.05) is 30.3 Å². The Bertz CT molecular complexity index is 1200. The maximum atomic E-state index is 13.0. The fourth-order valence-corrected chi connectivity index (χ4v) is 3.15. The van der Waals surface area contributed by atoms with Crippen molar-refractivity contribution in [3.05, 3.63) is 86.0 Å². The first kappa shape index (κ1) is 23.1. The summed E-state index contributed by atoms with van der Waals surface area (Å²) >= 11 is 0. The minimum atomic E-state index is -0.610. The number of nitrogens with zero attached hydrogens (tertiary/aromatic N) is 3. The van der Waals surface area contributed by atoms with E-state index < -0.39 is 23.4 Å². The summed E-state index contributed by atoms with van der Waals surface area (Å²) in [6.07, 6.45) is 0.950.